The van der Waals surface area contributed by atoms with E-state index in [4.69, 9.17) is 11.6 Å². The van der Waals surface area contributed by atoms with Gasteiger partial charge < -0.3 is 10.6 Å². The number of thiazole rings is 1. The fraction of sp³-hybridized carbons (Fsp3) is 0.0714. The van der Waals surface area contributed by atoms with E-state index in [2.05, 4.69) is 20.7 Å². The first-order valence-electron chi connectivity index (χ1n) is 12.1. The van der Waals surface area contributed by atoms with Crippen LogP contribution in [0.2, 0.25) is 5.02 Å². The standard InChI is InChI=1S/C28H15ClF5N5O2S/c29-21-2-1-17(30)10-19(21)24-23-20(26(41)38-24)7-13(15-11-36-39(12-15)27-35-3-4-42-27)8-22(23)37-25(40)14-5-16(28(32,33)34)9-18(31)6-14/h1-12,24H,(H,37,40)(H,38,41). The Balaban J connectivity index is 1.48. The van der Waals surface area contributed by atoms with Crippen LogP contribution >= 0.6 is 22.9 Å². The quantitative estimate of drug-likeness (QED) is 0.208. The van der Waals surface area contributed by atoms with Gasteiger partial charge in [0.05, 0.1) is 17.8 Å². The second-order valence-corrected chi connectivity index (χ2v) is 10.5. The van der Waals surface area contributed by atoms with E-state index in [0.29, 0.717) is 28.4 Å². The monoisotopic (exact) mass is 615 g/mol. The van der Waals surface area contributed by atoms with Crippen LogP contribution in [-0.2, 0) is 6.18 Å². The van der Waals surface area contributed by atoms with Crippen LogP contribution in [0.5, 0.6) is 0 Å². The van der Waals surface area contributed by atoms with Crippen molar-refractivity contribution in [2.45, 2.75) is 12.2 Å². The number of nitrogens with one attached hydrogen (secondary N) is 2. The highest BCUT2D eigenvalue weighted by Crippen LogP contribution is 2.42. The molecular formula is C28H15ClF5N5O2S. The van der Waals surface area contributed by atoms with Crippen molar-refractivity contribution in [2.24, 2.45) is 0 Å². The number of amides is 2. The first-order chi connectivity index (χ1) is 20.0. The van der Waals surface area contributed by atoms with Gasteiger partial charge in [-0.25, -0.2) is 18.4 Å². The molecule has 3 heterocycles. The summed E-state index contributed by atoms with van der Waals surface area (Å²) in [5.41, 5.74) is -0.505. The Morgan fingerprint density at radius 3 is 2.60 bits per heavy atom. The Bertz CT molecular complexity index is 1870. The second-order valence-electron chi connectivity index (χ2n) is 9.23. The summed E-state index contributed by atoms with van der Waals surface area (Å²) in [5.74, 6) is -3.52. The highest BCUT2D eigenvalue weighted by Gasteiger charge is 2.36. The summed E-state index contributed by atoms with van der Waals surface area (Å²) >= 11 is 7.66. The van der Waals surface area contributed by atoms with Gasteiger partial charge in [0.15, 0.2) is 0 Å². The van der Waals surface area contributed by atoms with Crippen molar-refractivity contribution in [2.75, 3.05) is 5.32 Å². The lowest BCUT2D eigenvalue weighted by Gasteiger charge is -2.19. The Morgan fingerprint density at radius 2 is 1.86 bits per heavy atom. The summed E-state index contributed by atoms with van der Waals surface area (Å²) in [6, 6.07) is 7.05. The summed E-state index contributed by atoms with van der Waals surface area (Å²) in [5, 5.41) is 12.0. The molecule has 7 nitrogen and oxygen atoms in total. The molecule has 212 valence electrons. The third-order valence-corrected chi connectivity index (χ3v) is 7.63. The molecule has 1 aliphatic rings. The summed E-state index contributed by atoms with van der Waals surface area (Å²) in [4.78, 5) is 30.6. The maximum Gasteiger partial charge on any atom is 0.416 e. The van der Waals surface area contributed by atoms with Gasteiger partial charge in [-0.1, -0.05) is 11.6 Å². The first kappa shape index (κ1) is 27.5. The Hall–Kier alpha value is -4.62. The third kappa shape index (κ3) is 5.12. The molecule has 2 aromatic heterocycles. The molecule has 0 aliphatic carbocycles. The van der Waals surface area contributed by atoms with E-state index in [1.165, 1.54) is 34.3 Å². The fourth-order valence-electron chi connectivity index (χ4n) is 4.66. The Morgan fingerprint density at radius 1 is 1.05 bits per heavy atom. The average Bonchev–Trinajstić information content (AvgIpc) is 3.70. The van der Waals surface area contributed by atoms with Gasteiger partial charge in [-0.3, -0.25) is 9.59 Å². The molecule has 0 spiro atoms. The summed E-state index contributed by atoms with van der Waals surface area (Å²) < 4.78 is 69.8. The highest BCUT2D eigenvalue weighted by molar-refractivity contribution is 7.12. The van der Waals surface area contributed by atoms with Crippen LogP contribution in [0.15, 0.2) is 72.5 Å². The summed E-state index contributed by atoms with van der Waals surface area (Å²) in [7, 11) is 0. The van der Waals surface area contributed by atoms with E-state index in [-0.39, 0.29) is 33.5 Å². The van der Waals surface area contributed by atoms with E-state index < -0.39 is 46.8 Å². The minimum atomic E-state index is -4.90. The number of carbonyl (C=O) groups is 2. The topological polar surface area (TPSA) is 88.9 Å². The van der Waals surface area contributed by atoms with Gasteiger partial charge in [-0.2, -0.15) is 18.3 Å². The van der Waals surface area contributed by atoms with Crippen LogP contribution in [-0.4, -0.2) is 26.6 Å². The van der Waals surface area contributed by atoms with Crippen LogP contribution in [0.25, 0.3) is 16.3 Å². The highest BCUT2D eigenvalue weighted by atomic mass is 35.5. The number of halogens is 6. The van der Waals surface area contributed by atoms with Gasteiger partial charge in [0.25, 0.3) is 11.8 Å². The SMILES string of the molecule is O=C(Nc1cc(-c2cnn(-c3nccs3)c2)cc2c1C(c1cc(F)ccc1Cl)NC2=O)c1cc(F)cc(C(F)(F)F)c1. The average molecular weight is 616 g/mol. The molecule has 5 aromatic rings. The molecule has 0 radical (unpaired) electrons. The molecule has 0 saturated heterocycles. The predicted molar refractivity (Wildman–Crippen MR) is 145 cm³/mol. The zero-order valence-corrected chi connectivity index (χ0v) is 22.4. The van der Waals surface area contributed by atoms with E-state index in [0.717, 1.165) is 12.1 Å². The zero-order chi connectivity index (χ0) is 29.8. The van der Waals surface area contributed by atoms with Crippen molar-refractivity contribution in [1.29, 1.82) is 0 Å². The van der Waals surface area contributed by atoms with Gasteiger partial charge in [-0.15, -0.1) is 11.3 Å². The van der Waals surface area contributed by atoms with Gasteiger partial charge in [0.2, 0.25) is 5.13 Å². The number of rotatable bonds is 5. The number of carbonyl (C=O) groups excluding carboxylic acids is 2. The number of nitrogens with zero attached hydrogens (tertiary/aromatic N) is 3. The molecule has 42 heavy (non-hydrogen) atoms. The lowest BCUT2D eigenvalue weighted by molar-refractivity contribution is -0.137. The van der Waals surface area contributed by atoms with Crippen LogP contribution < -0.4 is 10.6 Å². The second kappa shape index (κ2) is 10.3. The van der Waals surface area contributed by atoms with Gasteiger partial charge in [0, 0.05) is 56.3 Å². The number of hydrogen-bond acceptors (Lipinski definition) is 5. The van der Waals surface area contributed by atoms with Crippen molar-refractivity contribution in [1.82, 2.24) is 20.1 Å². The number of aromatic nitrogens is 3. The maximum atomic E-state index is 14.2. The lowest BCUT2D eigenvalue weighted by Crippen LogP contribution is -2.21. The van der Waals surface area contributed by atoms with Crippen LogP contribution in [0.1, 0.15) is 43.4 Å². The molecule has 2 amide bonds. The van der Waals surface area contributed by atoms with Gasteiger partial charge >= 0.3 is 6.18 Å². The fourth-order valence-corrected chi connectivity index (χ4v) is 5.46. The van der Waals surface area contributed by atoms with Crippen molar-refractivity contribution >= 4 is 40.4 Å². The van der Waals surface area contributed by atoms with Crippen molar-refractivity contribution in [3.05, 3.63) is 117 Å². The molecule has 1 atom stereocenters. The normalized spacial score (nSPS) is 14.5. The smallest absolute Gasteiger partial charge is 0.341 e. The molecule has 6 rings (SSSR count). The first-order valence-corrected chi connectivity index (χ1v) is 13.3. The molecule has 1 unspecified atom stereocenters. The molecule has 3 aromatic carbocycles. The number of hydrogen-bond donors (Lipinski definition) is 2. The van der Waals surface area contributed by atoms with E-state index in [9.17, 15) is 31.5 Å². The van der Waals surface area contributed by atoms with Gasteiger partial charge in [0.1, 0.15) is 11.6 Å². The van der Waals surface area contributed by atoms with E-state index in [1.807, 2.05) is 0 Å². The van der Waals surface area contributed by atoms with E-state index >= 15 is 0 Å². The van der Waals surface area contributed by atoms with E-state index in [1.54, 1.807) is 23.8 Å². The predicted octanol–water partition coefficient (Wildman–Crippen LogP) is 7.03. The van der Waals surface area contributed by atoms with Gasteiger partial charge in [-0.05, 0) is 54.1 Å². The van der Waals surface area contributed by atoms with Crippen LogP contribution in [0.3, 0.4) is 0 Å². The van der Waals surface area contributed by atoms with Crippen LogP contribution in [0.4, 0.5) is 27.6 Å². The summed E-state index contributed by atoms with van der Waals surface area (Å²) in [6.45, 7) is 0. The zero-order valence-electron chi connectivity index (χ0n) is 20.8. The largest absolute Gasteiger partial charge is 0.416 e. The molecule has 0 fully saturated rings. The molecule has 2 N–H and O–H groups in total. The molecular weight excluding hydrogens is 601 g/mol. The number of fused-ring (bicyclic) bond motifs is 1. The Labute approximate surface area is 242 Å². The molecule has 0 saturated carbocycles. The number of benzene rings is 3. The number of anilines is 1. The van der Waals surface area contributed by atoms with Crippen molar-refractivity contribution in [3.63, 3.8) is 0 Å². The Kier molecular flexibility index (Phi) is 6.78. The molecule has 14 heteroatoms. The van der Waals surface area contributed by atoms with Crippen molar-refractivity contribution < 1.29 is 31.5 Å². The van der Waals surface area contributed by atoms with Crippen LogP contribution in [0, 0.1) is 11.6 Å². The maximum absolute atomic E-state index is 14.2. The molecule has 0 bridgehead atoms. The third-order valence-electron chi connectivity index (χ3n) is 6.52. The number of alkyl halides is 3. The summed E-state index contributed by atoms with van der Waals surface area (Å²) in [6.07, 6.45) is -0.152. The van der Waals surface area contributed by atoms with Crippen molar-refractivity contribution in [3.8, 4) is 16.3 Å². The minimum absolute atomic E-state index is 0.0102. The molecule has 1 aliphatic heterocycles. The minimum Gasteiger partial charge on any atom is -0.341 e. The lowest BCUT2D eigenvalue weighted by atomic mass is 9.93.